The third kappa shape index (κ3) is 14.1. The van der Waals surface area contributed by atoms with Crippen molar-refractivity contribution in [3.8, 4) is 0 Å². The Labute approximate surface area is 260 Å². The minimum absolute atomic E-state index is 0.0151. The number of allylic oxidation sites excluding steroid dienone is 1. The minimum Gasteiger partial charge on any atom is -0.394 e. The summed E-state index contributed by atoms with van der Waals surface area (Å²) in [6.07, 6.45) is 10.7. The Kier molecular flexibility index (Phi) is 21.6. The lowest BCUT2D eigenvalue weighted by molar-refractivity contribution is -0.142. The molecule has 2 unspecified atom stereocenters. The lowest BCUT2D eigenvalue weighted by atomic mass is 9.95. The Morgan fingerprint density at radius 2 is 1.64 bits per heavy atom. The van der Waals surface area contributed by atoms with E-state index in [9.17, 15) is 9.90 Å². The smallest absolute Gasteiger partial charge is 0.270 e. The molecular weight excluding hydrogens is 520 g/mol. The summed E-state index contributed by atoms with van der Waals surface area (Å²) in [4.78, 5) is 19.5. The van der Waals surface area contributed by atoms with Gasteiger partial charge in [-0.15, -0.1) is 0 Å². The van der Waals surface area contributed by atoms with Crippen LogP contribution < -0.4 is 5.32 Å². The molecule has 0 aromatic heterocycles. The highest BCUT2D eigenvalue weighted by atomic mass is 16.3. The van der Waals surface area contributed by atoms with Gasteiger partial charge in [-0.2, -0.15) is 0 Å². The van der Waals surface area contributed by atoms with Gasteiger partial charge in [0.25, 0.3) is 5.91 Å². The van der Waals surface area contributed by atoms with Crippen LogP contribution in [0.2, 0.25) is 0 Å². The van der Waals surface area contributed by atoms with Gasteiger partial charge in [-0.05, 0) is 63.4 Å². The van der Waals surface area contributed by atoms with Crippen LogP contribution in [-0.2, 0) is 11.2 Å². The van der Waals surface area contributed by atoms with E-state index in [4.69, 9.17) is 0 Å². The second-order valence-corrected chi connectivity index (χ2v) is 12.3. The highest BCUT2D eigenvalue weighted by Crippen LogP contribution is 2.27. The van der Waals surface area contributed by atoms with Gasteiger partial charge >= 0.3 is 0 Å². The zero-order valence-electron chi connectivity index (χ0n) is 29.4. The molecule has 1 aromatic rings. The number of amides is 1. The number of rotatable bonds is 15. The Balaban J connectivity index is 0.00000108. The Morgan fingerprint density at radius 1 is 1.05 bits per heavy atom. The summed E-state index contributed by atoms with van der Waals surface area (Å²) in [6, 6.07) is 9.39. The van der Waals surface area contributed by atoms with E-state index < -0.39 is 5.54 Å². The summed E-state index contributed by atoms with van der Waals surface area (Å²) in [5.41, 5.74) is 2.69. The molecule has 0 spiro atoms. The molecule has 1 aliphatic heterocycles. The van der Waals surface area contributed by atoms with E-state index >= 15 is 0 Å². The average molecular weight is 589 g/mol. The van der Waals surface area contributed by atoms with Crippen LogP contribution in [0.15, 0.2) is 36.0 Å². The Bertz CT molecular complexity index is 846. The molecule has 1 heterocycles. The first-order valence-corrected chi connectivity index (χ1v) is 16.8. The zero-order chi connectivity index (χ0) is 32.1. The van der Waals surface area contributed by atoms with Crippen molar-refractivity contribution in [2.75, 3.05) is 53.4 Å². The van der Waals surface area contributed by atoms with Gasteiger partial charge in [-0.25, -0.2) is 0 Å². The predicted octanol–water partition coefficient (Wildman–Crippen LogP) is 7.08. The number of piperazine rings is 1. The van der Waals surface area contributed by atoms with E-state index in [2.05, 4.69) is 96.9 Å². The molecule has 244 valence electrons. The van der Waals surface area contributed by atoms with Crippen molar-refractivity contribution in [2.45, 2.75) is 125 Å². The molecule has 2 N–H and O–H groups in total. The SMILES string of the molecule is CCC.CCCCCC(CC)NC.CCN(CC)CCN1C(=O)/C(=C/Cc2ccc(C(C)C)cc2)N(C)CC1(C)CO. The second-order valence-electron chi connectivity index (χ2n) is 12.3. The van der Waals surface area contributed by atoms with Gasteiger partial charge in [0.05, 0.1) is 17.8 Å². The molecule has 0 saturated carbocycles. The number of aliphatic hydroxyl groups is 1. The number of benzene rings is 1. The van der Waals surface area contributed by atoms with Crippen LogP contribution in [0.3, 0.4) is 0 Å². The van der Waals surface area contributed by atoms with Crippen molar-refractivity contribution >= 4 is 5.91 Å². The maximum absolute atomic E-state index is 13.4. The number of aliphatic hydroxyl groups excluding tert-OH is 1. The van der Waals surface area contributed by atoms with Crippen LogP contribution in [0.5, 0.6) is 0 Å². The fraction of sp³-hybridized carbons (Fsp3) is 0.750. The molecule has 1 aromatic carbocycles. The number of hydrogen-bond acceptors (Lipinski definition) is 5. The van der Waals surface area contributed by atoms with Crippen LogP contribution in [0.25, 0.3) is 0 Å². The quantitative estimate of drug-likeness (QED) is 0.169. The van der Waals surface area contributed by atoms with E-state index in [1.54, 1.807) is 0 Å². The summed E-state index contributed by atoms with van der Waals surface area (Å²) in [6.45, 7) is 23.3. The van der Waals surface area contributed by atoms with Crippen molar-refractivity contribution in [3.05, 3.63) is 47.2 Å². The fourth-order valence-corrected chi connectivity index (χ4v) is 5.21. The van der Waals surface area contributed by atoms with E-state index in [-0.39, 0.29) is 12.5 Å². The molecular formula is C36H68N4O2. The first kappa shape index (κ1) is 40.1. The van der Waals surface area contributed by atoms with Crippen LogP contribution in [0, 0.1) is 0 Å². The summed E-state index contributed by atoms with van der Waals surface area (Å²) >= 11 is 0. The molecule has 6 nitrogen and oxygen atoms in total. The molecule has 1 saturated heterocycles. The standard InChI is InChI=1S/C24H39N3O2.C9H21N.C3H8/c1-7-26(8-2)15-16-27-23(29)22(25(6)17-24(27,5)18-28)14-11-20-9-12-21(13-10-20)19(3)4;1-4-6-7-8-9(5-2)10-3;1-3-2/h9-10,12-14,19,28H,7-8,11,15-18H2,1-6H3;9-10H,4-8H2,1-3H3;3H2,1-2H3/b22-14-;;. The molecule has 1 amide bonds. The first-order valence-electron chi connectivity index (χ1n) is 16.8. The highest BCUT2D eigenvalue weighted by Gasteiger charge is 2.42. The van der Waals surface area contributed by atoms with E-state index in [1.807, 2.05) is 29.8 Å². The summed E-state index contributed by atoms with van der Waals surface area (Å²) in [7, 11) is 4.00. The zero-order valence-corrected chi connectivity index (χ0v) is 29.4. The maximum atomic E-state index is 13.4. The second kappa shape index (κ2) is 22.6. The molecule has 0 radical (unpaired) electrons. The van der Waals surface area contributed by atoms with Gasteiger partial charge in [0.1, 0.15) is 0 Å². The van der Waals surface area contributed by atoms with E-state index in [0.29, 0.717) is 19.0 Å². The van der Waals surface area contributed by atoms with Gasteiger partial charge < -0.3 is 25.1 Å². The Hall–Kier alpha value is -1.89. The molecule has 2 atom stereocenters. The maximum Gasteiger partial charge on any atom is 0.270 e. The van der Waals surface area contributed by atoms with Gasteiger partial charge in [0, 0.05) is 32.7 Å². The third-order valence-electron chi connectivity index (χ3n) is 8.21. The molecule has 42 heavy (non-hydrogen) atoms. The highest BCUT2D eigenvalue weighted by molar-refractivity contribution is 5.94. The van der Waals surface area contributed by atoms with Crippen molar-refractivity contribution in [1.29, 1.82) is 0 Å². The number of carbonyl (C=O) groups is 1. The topological polar surface area (TPSA) is 59.0 Å². The van der Waals surface area contributed by atoms with E-state index in [0.717, 1.165) is 37.8 Å². The van der Waals surface area contributed by atoms with Crippen LogP contribution in [0.4, 0.5) is 0 Å². The molecule has 1 fully saturated rings. The normalized spacial score (nSPS) is 18.6. The number of carbonyl (C=O) groups excluding carboxylic acids is 1. The number of likely N-dealkylation sites (N-methyl/N-ethyl adjacent to an activating group) is 2. The number of hydrogen-bond donors (Lipinski definition) is 2. The van der Waals surface area contributed by atoms with Crippen molar-refractivity contribution in [3.63, 3.8) is 0 Å². The summed E-state index contributed by atoms with van der Waals surface area (Å²) in [5, 5.41) is 13.4. The lowest BCUT2D eigenvalue weighted by Gasteiger charge is -2.49. The van der Waals surface area contributed by atoms with Crippen LogP contribution in [0.1, 0.15) is 118 Å². The van der Waals surface area contributed by atoms with Crippen molar-refractivity contribution in [2.24, 2.45) is 0 Å². The molecule has 0 aliphatic carbocycles. The van der Waals surface area contributed by atoms with Crippen LogP contribution in [-0.4, -0.2) is 90.7 Å². The first-order chi connectivity index (χ1) is 20.0. The largest absolute Gasteiger partial charge is 0.394 e. The van der Waals surface area contributed by atoms with Gasteiger partial charge in [-0.1, -0.05) is 111 Å². The molecule has 2 rings (SSSR count). The summed E-state index contributed by atoms with van der Waals surface area (Å²) < 4.78 is 0. The van der Waals surface area contributed by atoms with Crippen LogP contribution >= 0.6 is 0 Å². The monoisotopic (exact) mass is 589 g/mol. The molecule has 6 heteroatoms. The predicted molar refractivity (Wildman–Crippen MR) is 183 cm³/mol. The molecule has 1 aliphatic rings. The van der Waals surface area contributed by atoms with Crippen molar-refractivity contribution in [1.82, 2.24) is 20.0 Å². The summed E-state index contributed by atoms with van der Waals surface area (Å²) in [5.74, 6) is 0.533. The number of nitrogens with zero attached hydrogens (tertiary/aromatic N) is 3. The van der Waals surface area contributed by atoms with Gasteiger partial charge in [-0.3, -0.25) is 4.79 Å². The minimum atomic E-state index is -0.560. The van der Waals surface area contributed by atoms with E-state index in [1.165, 1.54) is 49.7 Å². The lowest BCUT2D eigenvalue weighted by Crippen LogP contribution is -2.64. The van der Waals surface area contributed by atoms with Gasteiger partial charge in [0.15, 0.2) is 0 Å². The number of nitrogens with one attached hydrogen (secondary N) is 1. The van der Waals surface area contributed by atoms with Gasteiger partial charge in [0.2, 0.25) is 0 Å². The fourth-order valence-electron chi connectivity index (χ4n) is 5.21. The van der Waals surface area contributed by atoms with Crippen molar-refractivity contribution < 1.29 is 9.90 Å². The molecule has 0 bridgehead atoms. The third-order valence-corrected chi connectivity index (χ3v) is 8.21. The average Bonchev–Trinajstić information content (AvgIpc) is 2.98. The number of unbranched alkanes of at least 4 members (excludes halogenated alkanes) is 2. The Morgan fingerprint density at radius 3 is 2.10 bits per heavy atom.